The minimum atomic E-state index is -4.11. The van der Waals surface area contributed by atoms with Crippen molar-refractivity contribution in [1.82, 2.24) is 30.4 Å². The van der Waals surface area contributed by atoms with E-state index in [1.165, 1.54) is 12.7 Å². The first-order valence-corrected chi connectivity index (χ1v) is 7.15. The van der Waals surface area contributed by atoms with Crippen LogP contribution < -0.4 is 13.6 Å². The van der Waals surface area contributed by atoms with Gasteiger partial charge in [-0.2, -0.15) is 14.5 Å². The number of phosphoric acid groups is 1. The Labute approximate surface area is 118 Å². The van der Waals surface area contributed by atoms with Gasteiger partial charge in [-0.3, -0.25) is 10.2 Å². The van der Waals surface area contributed by atoms with Gasteiger partial charge in [0.1, 0.15) is 18.4 Å². The highest BCUT2D eigenvalue weighted by Crippen LogP contribution is 2.47. The van der Waals surface area contributed by atoms with Gasteiger partial charge < -0.3 is 13.6 Å². The summed E-state index contributed by atoms with van der Waals surface area (Å²) in [6.07, 6.45) is 2.52. The summed E-state index contributed by atoms with van der Waals surface area (Å²) in [4.78, 5) is 7.40. The van der Waals surface area contributed by atoms with E-state index in [1.807, 2.05) is 0 Å². The van der Waals surface area contributed by atoms with Crippen molar-refractivity contribution in [2.45, 2.75) is 0 Å². The van der Waals surface area contributed by atoms with E-state index in [0.717, 1.165) is 0 Å². The normalized spacial score (nSPS) is 11.0. The molecule has 0 aliphatic heterocycles. The SMILES string of the molecule is O=P(Oc1ccccc1)(Oc1nc[nH]n1)Oc1nc[nH]n1. The predicted molar refractivity (Wildman–Crippen MR) is 68.7 cm³/mol. The number of para-hydroxylation sites is 1. The summed E-state index contributed by atoms with van der Waals surface area (Å²) in [5.74, 6) is 0.284. The number of phosphoric ester groups is 1. The molecule has 0 unspecified atom stereocenters. The summed E-state index contributed by atoms with van der Waals surface area (Å²) in [5, 5.41) is 12.1. The first-order valence-electron chi connectivity index (χ1n) is 5.69. The zero-order chi connectivity index (χ0) is 14.5. The van der Waals surface area contributed by atoms with Gasteiger partial charge in [0.05, 0.1) is 0 Å². The lowest BCUT2D eigenvalue weighted by Gasteiger charge is -2.15. The maximum atomic E-state index is 12.7. The molecule has 108 valence electrons. The molecule has 3 aromatic rings. The van der Waals surface area contributed by atoms with Gasteiger partial charge in [-0.25, -0.2) is 0 Å². The highest BCUT2D eigenvalue weighted by Gasteiger charge is 2.36. The Kier molecular flexibility index (Phi) is 3.52. The van der Waals surface area contributed by atoms with Crippen LogP contribution in [0, 0.1) is 0 Å². The Balaban J connectivity index is 1.84. The number of aromatic nitrogens is 6. The van der Waals surface area contributed by atoms with Gasteiger partial charge in [-0.05, 0) is 12.1 Å². The van der Waals surface area contributed by atoms with Gasteiger partial charge in [-0.1, -0.05) is 18.2 Å². The van der Waals surface area contributed by atoms with Gasteiger partial charge in [0.15, 0.2) is 0 Å². The molecule has 10 nitrogen and oxygen atoms in total. The molecule has 1 aromatic carbocycles. The zero-order valence-corrected chi connectivity index (χ0v) is 11.3. The Morgan fingerprint density at radius 1 is 0.857 bits per heavy atom. The molecule has 2 heterocycles. The zero-order valence-electron chi connectivity index (χ0n) is 10.4. The number of hydrogen-bond donors (Lipinski definition) is 2. The summed E-state index contributed by atoms with van der Waals surface area (Å²) in [5.41, 5.74) is 0. The summed E-state index contributed by atoms with van der Waals surface area (Å²) >= 11 is 0. The highest BCUT2D eigenvalue weighted by atomic mass is 31.2. The molecule has 0 aliphatic carbocycles. The standard InChI is InChI=1S/C10H9N6O4P/c17-21(19-9-11-6-13-15-9,20-10-12-7-14-16-10)18-8-4-2-1-3-5-8/h1-7H,(H,11,13,15)(H,12,14,16). The van der Waals surface area contributed by atoms with Crippen molar-refractivity contribution < 1.29 is 18.1 Å². The molecule has 0 bridgehead atoms. The van der Waals surface area contributed by atoms with Crippen LogP contribution in [0.2, 0.25) is 0 Å². The lowest BCUT2D eigenvalue weighted by molar-refractivity contribution is 0.283. The van der Waals surface area contributed by atoms with E-state index >= 15 is 0 Å². The molecular formula is C10H9N6O4P. The lowest BCUT2D eigenvalue weighted by atomic mass is 10.3. The van der Waals surface area contributed by atoms with Crippen LogP contribution in [0.25, 0.3) is 0 Å². The van der Waals surface area contributed by atoms with Gasteiger partial charge in [0, 0.05) is 0 Å². The summed E-state index contributed by atoms with van der Waals surface area (Å²) in [6, 6.07) is 8.00. The van der Waals surface area contributed by atoms with Crippen LogP contribution >= 0.6 is 7.82 Å². The summed E-state index contributed by atoms with van der Waals surface area (Å²) in [7, 11) is -4.11. The first-order chi connectivity index (χ1) is 10.2. The van der Waals surface area contributed by atoms with Crippen LogP contribution in [0.3, 0.4) is 0 Å². The Morgan fingerprint density at radius 3 is 1.90 bits per heavy atom. The fourth-order valence-corrected chi connectivity index (χ4v) is 2.42. The third kappa shape index (κ3) is 3.37. The van der Waals surface area contributed by atoms with E-state index in [4.69, 9.17) is 13.6 Å². The topological polar surface area (TPSA) is 128 Å². The number of rotatable bonds is 6. The number of nitrogens with one attached hydrogen (secondary N) is 2. The maximum Gasteiger partial charge on any atom is 0.652 e. The molecule has 0 radical (unpaired) electrons. The van der Waals surface area contributed by atoms with E-state index in [0.29, 0.717) is 0 Å². The van der Waals surface area contributed by atoms with Gasteiger partial charge >= 0.3 is 19.8 Å². The molecule has 0 atom stereocenters. The van der Waals surface area contributed by atoms with Crippen molar-refractivity contribution in [3.63, 3.8) is 0 Å². The van der Waals surface area contributed by atoms with Gasteiger partial charge in [0.25, 0.3) is 0 Å². The fraction of sp³-hybridized carbons (Fsp3) is 0. The molecular weight excluding hydrogens is 299 g/mol. The molecule has 0 saturated carbocycles. The van der Waals surface area contributed by atoms with E-state index < -0.39 is 7.82 Å². The Hall–Kier alpha value is -2.87. The van der Waals surface area contributed by atoms with Crippen LogP contribution in [0.5, 0.6) is 17.8 Å². The smallest absolute Gasteiger partial charge is 0.386 e. The lowest BCUT2D eigenvalue weighted by Crippen LogP contribution is -2.09. The molecule has 2 aromatic heterocycles. The Morgan fingerprint density at radius 2 is 1.43 bits per heavy atom. The van der Waals surface area contributed by atoms with Crippen molar-refractivity contribution in [1.29, 1.82) is 0 Å². The third-order valence-corrected chi connectivity index (χ3v) is 3.34. The van der Waals surface area contributed by atoms with E-state index in [2.05, 4.69) is 30.4 Å². The van der Waals surface area contributed by atoms with E-state index in [1.54, 1.807) is 30.3 Å². The minimum Gasteiger partial charge on any atom is -0.386 e. The van der Waals surface area contributed by atoms with E-state index in [9.17, 15) is 4.57 Å². The largest absolute Gasteiger partial charge is 0.652 e. The predicted octanol–water partition coefficient (Wildman–Crippen LogP) is 1.57. The molecule has 0 aliphatic rings. The van der Waals surface area contributed by atoms with Crippen molar-refractivity contribution in [3.8, 4) is 17.8 Å². The first kappa shape index (κ1) is 13.1. The number of benzene rings is 1. The summed E-state index contributed by atoms with van der Waals surface area (Å²) in [6.45, 7) is 0. The molecule has 21 heavy (non-hydrogen) atoms. The molecule has 11 heteroatoms. The van der Waals surface area contributed by atoms with Crippen LogP contribution in [0.1, 0.15) is 0 Å². The number of hydrogen-bond acceptors (Lipinski definition) is 8. The van der Waals surface area contributed by atoms with Crippen molar-refractivity contribution in [2.75, 3.05) is 0 Å². The molecule has 0 fully saturated rings. The van der Waals surface area contributed by atoms with Crippen LogP contribution in [-0.2, 0) is 4.57 Å². The summed E-state index contributed by atoms with van der Waals surface area (Å²) < 4.78 is 28.1. The molecule has 0 amide bonds. The number of nitrogens with zero attached hydrogens (tertiary/aromatic N) is 4. The van der Waals surface area contributed by atoms with Crippen molar-refractivity contribution >= 4 is 7.82 Å². The van der Waals surface area contributed by atoms with E-state index in [-0.39, 0.29) is 17.8 Å². The number of aromatic amines is 2. The second kappa shape index (κ2) is 5.63. The molecule has 0 saturated heterocycles. The Bertz CT molecular complexity index is 677. The second-order valence-corrected chi connectivity index (χ2v) is 5.04. The maximum absolute atomic E-state index is 12.7. The monoisotopic (exact) mass is 308 g/mol. The third-order valence-electron chi connectivity index (χ3n) is 2.13. The average Bonchev–Trinajstić information content (AvgIpc) is 3.13. The molecule has 0 spiro atoms. The van der Waals surface area contributed by atoms with Crippen LogP contribution in [0.15, 0.2) is 43.0 Å². The van der Waals surface area contributed by atoms with Gasteiger partial charge in [0.2, 0.25) is 0 Å². The minimum absolute atomic E-state index is 0.190. The fourth-order valence-electron chi connectivity index (χ4n) is 1.35. The van der Waals surface area contributed by atoms with Crippen LogP contribution in [0.4, 0.5) is 0 Å². The molecule has 2 N–H and O–H groups in total. The van der Waals surface area contributed by atoms with Gasteiger partial charge in [-0.15, -0.1) is 10.2 Å². The average molecular weight is 308 g/mol. The highest BCUT2D eigenvalue weighted by molar-refractivity contribution is 7.49. The van der Waals surface area contributed by atoms with Crippen LogP contribution in [-0.4, -0.2) is 30.4 Å². The van der Waals surface area contributed by atoms with Crippen molar-refractivity contribution in [2.24, 2.45) is 0 Å². The van der Waals surface area contributed by atoms with Crippen molar-refractivity contribution in [3.05, 3.63) is 43.0 Å². The number of H-pyrrole nitrogens is 2. The quantitative estimate of drug-likeness (QED) is 0.657. The second-order valence-electron chi connectivity index (χ2n) is 3.60. The molecule has 3 rings (SSSR count).